The molecule has 1 aromatic rings. The molecule has 1 amide bonds. The van der Waals surface area contributed by atoms with Crippen LogP contribution in [0.3, 0.4) is 0 Å². The maximum absolute atomic E-state index is 11.5. The van der Waals surface area contributed by atoms with E-state index in [2.05, 4.69) is 5.32 Å². The topological polar surface area (TPSA) is 75.6 Å². The van der Waals surface area contributed by atoms with Crippen LogP contribution in [0.4, 0.5) is 0 Å². The molecule has 100 valence electrons. The highest BCUT2D eigenvalue weighted by Gasteiger charge is 2.16. The summed E-state index contributed by atoms with van der Waals surface area (Å²) in [5.41, 5.74) is 0. The van der Waals surface area contributed by atoms with E-state index in [0.717, 1.165) is 4.88 Å². The lowest BCUT2D eigenvalue weighted by Crippen LogP contribution is -2.37. The average molecular weight is 292 g/mol. The molecule has 1 atom stereocenters. The summed E-state index contributed by atoms with van der Waals surface area (Å²) in [6, 6.07) is 1.81. The maximum Gasteiger partial charge on any atom is 0.334 e. The Hall–Kier alpha value is -1.11. The lowest BCUT2D eigenvalue weighted by atomic mass is 10.2. The zero-order valence-electron chi connectivity index (χ0n) is 9.81. The first-order valence-electron chi connectivity index (χ1n) is 5.28. The average Bonchev–Trinajstić information content (AvgIpc) is 2.73. The van der Waals surface area contributed by atoms with Gasteiger partial charge in [-0.15, -0.1) is 11.3 Å². The number of aryl methyl sites for hydroxylation is 1. The van der Waals surface area contributed by atoms with Crippen LogP contribution < -0.4 is 5.32 Å². The second-order valence-electron chi connectivity index (χ2n) is 3.60. The van der Waals surface area contributed by atoms with Crippen molar-refractivity contribution in [1.29, 1.82) is 0 Å². The number of thiophene rings is 1. The lowest BCUT2D eigenvalue weighted by Gasteiger charge is -2.11. The Morgan fingerprint density at radius 3 is 2.83 bits per heavy atom. The summed E-state index contributed by atoms with van der Waals surface area (Å²) >= 11 is 7.25. The number of carboxylic acids is 1. The van der Waals surface area contributed by atoms with Crippen molar-refractivity contribution in [2.24, 2.45) is 0 Å². The summed E-state index contributed by atoms with van der Waals surface area (Å²) in [6.07, 6.45) is -0.119. The van der Waals surface area contributed by atoms with Gasteiger partial charge in [0.15, 0.2) is 6.10 Å². The first-order chi connectivity index (χ1) is 8.52. The Kier molecular flexibility index (Phi) is 6.11. The van der Waals surface area contributed by atoms with Crippen LogP contribution in [0.5, 0.6) is 0 Å². The first-order valence-corrected chi connectivity index (χ1v) is 6.54. The second-order valence-corrected chi connectivity index (χ2v) is 5.03. The summed E-state index contributed by atoms with van der Waals surface area (Å²) in [7, 11) is 1.29. The Morgan fingerprint density at radius 1 is 1.61 bits per heavy atom. The van der Waals surface area contributed by atoms with Crippen LogP contribution >= 0.6 is 22.9 Å². The summed E-state index contributed by atoms with van der Waals surface area (Å²) in [5, 5.41) is 13.7. The molecule has 0 saturated carbocycles. The zero-order valence-corrected chi connectivity index (χ0v) is 11.4. The molecule has 1 aromatic heterocycles. The van der Waals surface area contributed by atoms with Crippen molar-refractivity contribution >= 4 is 34.8 Å². The van der Waals surface area contributed by atoms with Gasteiger partial charge in [-0.2, -0.15) is 0 Å². The van der Waals surface area contributed by atoms with E-state index < -0.39 is 12.1 Å². The lowest BCUT2D eigenvalue weighted by molar-refractivity contribution is -0.148. The number of carbonyl (C=O) groups is 2. The van der Waals surface area contributed by atoms with Gasteiger partial charge in [0.25, 0.3) is 0 Å². The van der Waals surface area contributed by atoms with E-state index in [4.69, 9.17) is 21.4 Å². The molecular formula is C11H14ClNO4S. The van der Waals surface area contributed by atoms with Crippen molar-refractivity contribution in [3.63, 3.8) is 0 Å². The number of amides is 1. The molecule has 0 saturated heterocycles. The Morgan fingerprint density at radius 2 is 2.33 bits per heavy atom. The molecule has 0 aliphatic carbocycles. The van der Waals surface area contributed by atoms with Crippen LogP contribution in [0, 0.1) is 0 Å². The summed E-state index contributed by atoms with van der Waals surface area (Å²) in [5.74, 6) is -1.30. The number of methoxy groups -OCH3 is 1. The molecule has 0 aromatic carbocycles. The van der Waals surface area contributed by atoms with E-state index in [1.165, 1.54) is 18.4 Å². The van der Waals surface area contributed by atoms with Crippen molar-refractivity contribution in [1.82, 2.24) is 5.32 Å². The molecule has 0 aliphatic heterocycles. The largest absolute Gasteiger partial charge is 0.479 e. The minimum Gasteiger partial charge on any atom is -0.479 e. The molecule has 0 fully saturated rings. The molecule has 1 heterocycles. The van der Waals surface area contributed by atoms with Gasteiger partial charge in [-0.3, -0.25) is 4.79 Å². The molecule has 7 heteroatoms. The molecule has 0 radical (unpaired) electrons. The molecule has 0 spiro atoms. The Bertz CT molecular complexity index is 421. The maximum atomic E-state index is 11.5. The predicted molar refractivity (Wildman–Crippen MR) is 69.1 cm³/mol. The molecule has 1 rings (SSSR count). The minimum atomic E-state index is -1.09. The van der Waals surface area contributed by atoms with E-state index in [1.807, 2.05) is 6.07 Å². The standard InChI is InChI=1S/C11H14ClNO4S/c1-17-9(11(15)16)5-13-10(14)3-2-8-4-7(12)6-18-8/h4,6,9H,2-3,5H2,1H3,(H,13,14)(H,15,16). The SMILES string of the molecule is COC(CNC(=O)CCc1cc(Cl)cs1)C(=O)O. The minimum absolute atomic E-state index is 0.0319. The van der Waals surface area contributed by atoms with Gasteiger partial charge in [-0.05, 0) is 12.5 Å². The van der Waals surface area contributed by atoms with Crippen molar-refractivity contribution in [2.75, 3.05) is 13.7 Å². The fourth-order valence-electron chi connectivity index (χ4n) is 1.29. The predicted octanol–water partition coefficient (Wildman–Crippen LogP) is 1.55. The van der Waals surface area contributed by atoms with Crippen LogP contribution in [-0.2, 0) is 20.7 Å². The molecule has 0 bridgehead atoms. The van der Waals surface area contributed by atoms with E-state index in [1.54, 1.807) is 5.38 Å². The van der Waals surface area contributed by atoms with Crippen molar-refractivity contribution < 1.29 is 19.4 Å². The Labute approximate surface area is 114 Å². The normalized spacial score (nSPS) is 12.1. The highest BCUT2D eigenvalue weighted by molar-refractivity contribution is 7.10. The first kappa shape index (κ1) is 14.9. The van der Waals surface area contributed by atoms with Crippen molar-refractivity contribution in [3.8, 4) is 0 Å². The number of carboxylic acid groups (broad SMARTS) is 1. The fourth-order valence-corrected chi connectivity index (χ4v) is 2.36. The van der Waals surface area contributed by atoms with Gasteiger partial charge < -0.3 is 15.2 Å². The van der Waals surface area contributed by atoms with E-state index >= 15 is 0 Å². The summed E-state index contributed by atoms with van der Waals surface area (Å²) in [4.78, 5) is 23.1. The number of hydrogen-bond donors (Lipinski definition) is 2. The number of nitrogens with one attached hydrogen (secondary N) is 1. The quantitative estimate of drug-likeness (QED) is 0.799. The monoisotopic (exact) mass is 291 g/mol. The Balaban J connectivity index is 2.27. The van der Waals surface area contributed by atoms with Gasteiger partial charge in [0.2, 0.25) is 5.91 Å². The van der Waals surface area contributed by atoms with Gasteiger partial charge in [0.05, 0.1) is 11.6 Å². The van der Waals surface area contributed by atoms with E-state index in [9.17, 15) is 9.59 Å². The van der Waals surface area contributed by atoms with Gasteiger partial charge >= 0.3 is 5.97 Å². The number of halogens is 1. The van der Waals surface area contributed by atoms with Crippen LogP contribution in [0.2, 0.25) is 5.02 Å². The van der Waals surface area contributed by atoms with Crippen molar-refractivity contribution in [3.05, 3.63) is 21.3 Å². The third-order valence-corrected chi connectivity index (χ3v) is 3.61. The summed E-state index contributed by atoms with van der Waals surface area (Å²) < 4.78 is 4.70. The molecule has 0 aliphatic rings. The van der Waals surface area contributed by atoms with Crippen LogP contribution in [0.15, 0.2) is 11.4 Å². The highest BCUT2D eigenvalue weighted by atomic mass is 35.5. The van der Waals surface area contributed by atoms with Gasteiger partial charge in [0, 0.05) is 23.8 Å². The number of aliphatic carboxylic acids is 1. The smallest absolute Gasteiger partial charge is 0.334 e. The van der Waals surface area contributed by atoms with Gasteiger partial charge in [0.1, 0.15) is 0 Å². The molecule has 1 unspecified atom stereocenters. The second kappa shape index (κ2) is 7.35. The highest BCUT2D eigenvalue weighted by Crippen LogP contribution is 2.20. The van der Waals surface area contributed by atoms with E-state index in [-0.39, 0.29) is 12.5 Å². The van der Waals surface area contributed by atoms with Crippen LogP contribution in [-0.4, -0.2) is 36.7 Å². The number of carbonyl (C=O) groups excluding carboxylic acids is 1. The van der Waals surface area contributed by atoms with Gasteiger partial charge in [-0.1, -0.05) is 11.6 Å². The van der Waals surface area contributed by atoms with Crippen LogP contribution in [0.1, 0.15) is 11.3 Å². The molecule has 18 heavy (non-hydrogen) atoms. The molecular weight excluding hydrogens is 278 g/mol. The van der Waals surface area contributed by atoms with Crippen molar-refractivity contribution in [2.45, 2.75) is 18.9 Å². The number of hydrogen-bond acceptors (Lipinski definition) is 4. The van der Waals surface area contributed by atoms with Gasteiger partial charge in [-0.25, -0.2) is 4.79 Å². The molecule has 5 nitrogen and oxygen atoms in total. The van der Waals surface area contributed by atoms with E-state index in [0.29, 0.717) is 17.9 Å². The third-order valence-electron chi connectivity index (χ3n) is 2.26. The number of rotatable bonds is 7. The summed E-state index contributed by atoms with van der Waals surface area (Å²) in [6.45, 7) is -0.0319. The number of ether oxygens (including phenoxy) is 1. The fraction of sp³-hybridized carbons (Fsp3) is 0.455. The molecule has 2 N–H and O–H groups in total. The zero-order chi connectivity index (χ0) is 13.5. The van der Waals surface area contributed by atoms with Crippen LogP contribution in [0.25, 0.3) is 0 Å². The third kappa shape index (κ3) is 5.03.